The highest BCUT2D eigenvalue weighted by Crippen LogP contribution is 2.38. The molecule has 0 fully saturated rings. The molecule has 0 saturated carbocycles. The SMILES string of the molecule is COc1cc2c(cc1OCc1ccc(C)c3c1C3)oc(=O)c1cc(C(C)C(C)O)ccc12. The number of aryl methyl sites for hydroxylation is 1. The smallest absolute Gasteiger partial charge is 0.344 e. The Bertz CT molecular complexity index is 1410. The van der Waals surface area contributed by atoms with Gasteiger partial charge in [0.1, 0.15) is 12.2 Å². The van der Waals surface area contributed by atoms with Crippen LogP contribution in [-0.2, 0) is 13.0 Å². The Morgan fingerprint density at radius 2 is 1.81 bits per heavy atom. The summed E-state index contributed by atoms with van der Waals surface area (Å²) in [6.45, 7) is 6.23. The van der Waals surface area contributed by atoms with Crippen molar-refractivity contribution in [3.8, 4) is 11.5 Å². The van der Waals surface area contributed by atoms with Gasteiger partial charge in [0.15, 0.2) is 11.5 Å². The molecule has 0 bridgehead atoms. The van der Waals surface area contributed by atoms with Gasteiger partial charge in [-0.3, -0.25) is 0 Å². The fourth-order valence-electron chi connectivity index (χ4n) is 4.33. The summed E-state index contributed by atoms with van der Waals surface area (Å²) in [5.41, 5.74) is 6.22. The van der Waals surface area contributed by atoms with Gasteiger partial charge in [-0.25, -0.2) is 4.79 Å². The molecule has 0 aliphatic heterocycles. The van der Waals surface area contributed by atoms with Crippen LogP contribution < -0.4 is 15.1 Å². The van der Waals surface area contributed by atoms with Crippen molar-refractivity contribution >= 4 is 21.7 Å². The molecule has 0 radical (unpaired) electrons. The van der Waals surface area contributed by atoms with E-state index in [9.17, 15) is 9.90 Å². The van der Waals surface area contributed by atoms with Gasteiger partial charge in [0, 0.05) is 22.8 Å². The first-order valence-corrected chi connectivity index (χ1v) is 10.9. The van der Waals surface area contributed by atoms with Crippen molar-refractivity contribution in [1.29, 1.82) is 0 Å². The third-order valence-electron chi connectivity index (χ3n) is 6.65. The normalized spacial score (nSPS) is 14.3. The van der Waals surface area contributed by atoms with E-state index in [0.29, 0.717) is 29.1 Å². The van der Waals surface area contributed by atoms with Crippen LogP contribution in [0, 0.1) is 6.92 Å². The molecular weight excluding hydrogens is 404 g/mol. The second-order valence-electron chi connectivity index (χ2n) is 8.69. The van der Waals surface area contributed by atoms with Gasteiger partial charge in [-0.1, -0.05) is 31.2 Å². The molecule has 3 aromatic carbocycles. The molecular formula is C27H26O5. The fourth-order valence-corrected chi connectivity index (χ4v) is 4.33. The van der Waals surface area contributed by atoms with E-state index < -0.39 is 11.7 Å². The molecule has 5 rings (SSSR count). The summed E-state index contributed by atoms with van der Waals surface area (Å²) in [5.74, 6) is 1.04. The lowest BCUT2D eigenvalue weighted by Gasteiger charge is -2.16. The van der Waals surface area contributed by atoms with Crippen molar-refractivity contribution in [3.05, 3.63) is 80.7 Å². The van der Waals surface area contributed by atoms with Crippen LogP contribution in [0.25, 0.3) is 21.7 Å². The Hall–Kier alpha value is -3.31. The van der Waals surface area contributed by atoms with Crippen molar-refractivity contribution in [3.63, 3.8) is 0 Å². The van der Waals surface area contributed by atoms with Gasteiger partial charge in [0.05, 0.1) is 18.6 Å². The maximum atomic E-state index is 12.8. The number of hydrogen-bond acceptors (Lipinski definition) is 5. The van der Waals surface area contributed by atoms with Gasteiger partial charge in [0.2, 0.25) is 0 Å². The summed E-state index contributed by atoms with van der Waals surface area (Å²) in [5, 5.41) is 12.0. The van der Waals surface area contributed by atoms with Crippen LogP contribution in [0.3, 0.4) is 0 Å². The minimum absolute atomic E-state index is 0.0883. The summed E-state index contributed by atoms with van der Waals surface area (Å²) >= 11 is 0. The highest BCUT2D eigenvalue weighted by molar-refractivity contribution is 6.05. The van der Waals surface area contributed by atoms with Crippen LogP contribution in [0.2, 0.25) is 0 Å². The third-order valence-corrected chi connectivity index (χ3v) is 6.65. The van der Waals surface area contributed by atoms with E-state index in [4.69, 9.17) is 13.9 Å². The number of rotatable bonds is 6. The zero-order valence-electron chi connectivity index (χ0n) is 18.7. The summed E-state index contributed by atoms with van der Waals surface area (Å²) in [6, 6.07) is 13.5. The Kier molecular flexibility index (Phi) is 4.94. The van der Waals surface area contributed by atoms with E-state index in [2.05, 4.69) is 19.1 Å². The van der Waals surface area contributed by atoms with Crippen molar-refractivity contribution < 1.29 is 19.0 Å². The minimum Gasteiger partial charge on any atom is -0.493 e. The molecule has 164 valence electrons. The second-order valence-corrected chi connectivity index (χ2v) is 8.69. The first kappa shape index (κ1) is 20.6. The molecule has 1 aliphatic rings. The number of hydrogen-bond donors (Lipinski definition) is 1. The van der Waals surface area contributed by atoms with Gasteiger partial charge in [0.25, 0.3) is 0 Å². The quantitative estimate of drug-likeness (QED) is 0.295. The summed E-state index contributed by atoms with van der Waals surface area (Å²) in [4.78, 5) is 12.8. The summed E-state index contributed by atoms with van der Waals surface area (Å²) < 4.78 is 17.3. The fraction of sp³-hybridized carbons (Fsp3) is 0.296. The van der Waals surface area contributed by atoms with Gasteiger partial charge >= 0.3 is 5.63 Å². The maximum Gasteiger partial charge on any atom is 0.344 e. The molecule has 0 amide bonds. The monoisotopic (exact) mass is 430 g/mol. The van der Waals surface area contributed by atoms with E-state index >= 15 is 0 Å². The van der Waals surface area contributed by atoms with Crippen LogP contribution in [-0.4, -0.2) is 18.3 Å². The van der Waals surface area contributed by atoms with E-state index in [1.807, 2.05) is 25.1 Å². The highest BCUT2D eigenvalue weighted by Gasteiger charge is 2.23. The van der Waals surface area contributed by atoms with Crippen molar-refractivity contribution in [2.24, 2.45) is 0 Å². The van der Waals surface area contributed by atoms with Gasteiger partial charge < -0.3 is 19.0 Å². The number of fused-ring (bicyclic) bond motifs is 4. The van der Waals surface area contributed by atoms with Crippen LogP contribution >= 0.6 is 0 Å². The zero-order valence-corrected chi connectivity index (χ0v) is 18.7. The first-order valence-electron chi connectivity index (χ1n) is 10.9. The average Bonchev–Trinajstić information content (AvgIpc) is 3.59. The van der Waals surface area contributed by atoms with E-state index in [1.165, 1.54) is 22.3 Å². The molecule has 0 saturated heterocycles. The van der Waals surface area contributed by atoms with Crippen LogP contribution in [0.15, 0.2) is 51.7 Å². The molecule has 1 N–H and O–H groups in total. The van der Waals surface area contributed by atoms with E-state index in [-0.39, 0.29) is 5.92 Å². The molecule has 5 nitrogen and oxygen atoms in total. The lowest BCUT2D eigenvalue weighted by molar-refractivity contribution is 0.169. The minimum atomic E-state index is -0.513. The largest absolute Gasteiger partial charge is 0.493 e. The van der Waals surface area contributed by atoms with Crippen molar-refractivity contribution in [2.75, 3.05) is 7.11 Å². The predicted octanol–water partition coefficient (Wildman–Crippen LogP) is 5.23. The van der Waals surface area contributed by atoms with E-state index in [0.717, 1.165) is 22.8 Å². The van der Waals surface area contributed by atoms with Gasteiger partial charge in [-0.05, 0) is 60.2 Å². The second kappa shape index (κ2) is 7.68. The molecule has 0 spiro atoms. The number of benzene rings is 3. The van der Waals surface area contributed by atoms with E-state index in [1.54, 1.807) is 26.2 Å². The number of methoxy groups -OCH3 is 1. The molecule has 2 unspecified atom stereocenters. The first-order chi connectivity index (χ1) is 15.4. The number of aliphatic hydroxyl groups is 1. The Labute approximate surface area is 186 Å². The molecule has 5 heteroatoms. The topological polar surface area (TPSA) is 68.9 Å². The zero-order chi connectivity index (χ0) is 22.6. The molecule has 1 heterocycles. The summed E-state index contributed by atoms with van der Waals surface area (Å²) in [7, 11) is 1.60. The van der Waals surface area contributed by atoms with Crippen molar-refractivity contribution in [1.82, 2.24) is 0 Å². The molecule has 2 atom stereocenters. The van der Waals surface area contributed by atoms with Crippen LogP contribution in [0.4, 0.5) is 0 Å². The lowest BCUT2D eigenvalue weighted by Crippen LogP contribution is -2.11. The number of ether oxygens (including phenoxy) is 2. The van der Waals surface area contributed by atoms with Crippen LogP contribution in [0.5, 0.6) is 11.5 Å². The van der Waals surface area contributed by atoms with Gasteiger partial charge in [-0.2, -0.15) is 0 Å². The van der Waals surface area contributed by atoms with Crippen LogP contribution in [0.1, 0.15) is 47.6 Å². The lowest BCUT2D eigenvalue weighted by atomic mass is 9.94. The standard InChI is InChI=1S/C27H26O5/c1-14-5-6-18(21-10-20(14)21)13-31-26-12-24-22(11-25(26)30-4)19-8-7-17(15(2)16(3)28)9-23(19)27(29)32-24/h5-9,11-12,15-16,28H,10,13H2,1-4H3. The predicted molar refractivity (Wildman–Crippen MR) is 125 cm³/mol. The van der Waals surface area contributed by atoms with Crippen molar-refractivity contribution in [2.45, 2.75) is 45.8 Å². The molecule has 1 aliphatic carbocycles. The summed E-state index contributed by atoms with van der Waals surface area (Å²) in [6.07, 6.45) is 0.518. The van der Waals surface area contributed by atoms with Gasteiger partial charge in [-0.15, -0.1) is 0 Å². The highest BCUT2D eigenvalue weighted by atomic mass is 16.5. The Morgan fingerprint density at radius 1 is 1.00 bits per heavy atom. The molecule has 1 aromatic heterocycles. The molecule has 32 heavy (non-hydrogen) atoms. The number of aliphatic hydroxyl groups excluding tert-OH is 1. The average molecular weight is 431 g/mol. The Morgan fingerprint density at radius 3 is 2.56 bits per heavy atom. The third kappa shape index (κ3) is 3.43. The molecule has 4 aromatic rings. The Balaban J connectivity index is 1.55. The maximum absolute atomic E-state index is 12.8.